The lowest BCUT2D eigenvalue weighted by molar-refractivity contribution is -0.171. The summed E-state index contributed by atoms with van der Waals surface area (Å²) in [6, 6.07) is 0. The van der Waals surface area contributed by atoms with Crippen molar-refractivity contribution >= 4 is 17.9 Å². The Kier molecular flexibility index (Phi) is 8.37. The second-order valence-electron chi connectivity index (χ2n) is 7.62. The Bertz CT molecular complexity index is 750. The molecule has 0 radical (unpaired) electrons. The fourth-order valence-electron chi connectivity index (χ4n) is 3.56. The predicted molar refractivity (Wildman–Crippen MR) is 107 cm³/mol. The molecule has 2 rings (SSSR count). The summed E-state index contributed by atoms with van der Waals surface area (Å²) in [5.41, 5.74) is 1.06. The van der Waals surface area contributed by atoms with Gasteiger partial charge in [0.2, 0.25) is 0 Å². The lowest BCUT2D eigenvalue weighted by Crippen LogP contribution is -2.46. The number of aliphatic hydroxyl groups excluding tert-OH is 2. The zero-order chi connectivity index (χ0) is 22.4. The number of aliphatic hydroxyl groups is 2. The molecule has 0 amide bonds. The minimum absolute atomic E-state index is 0.0745. The summed E-state index contributed by atoms with van der Waals surface area (Å²) in [5.74, 6) is -3.07. The van der Waals surface area contributed by atoms with Gasteiger partial charge in [0.05, 0.1) is 25.0 Å². The van der Waals surface area contributed by atoms with Crippen LogP contribution in [-0.4, -0.2) is 59.6 Å². The molecule has 8 heteroatoms. The molecule has 166 valence electrons. The van der Waals surface area contributed by atoms with Crippen LogP contribution in [0, 0.1) is 11.8 Å². The van der Waals surface area contributed by atoms with Crippen LogP contribution in [0.25, 0.3) is 0 Å². The second kappa shape index (κ2) is 10.5. The molecule has 8 nitrogen and oxygen atoms in total. The quantitative estimate of drug-likeness (QED) is 0.287. The molecule has 0 saturated carbocycles. The first-order valence-electron chi connectivity index (χ1n) is 10.1. The van der Waals surface area contributed by atoms with Crippen LogP contribution in [-0.2, 0) is 28.6 Å². The summed E-state index contributed by atoms with van der Waals surface area (Å²) in [7, 11) is 0. The number of carbonyl (C=O) groups is 3. The van der Waals surface area contributed by atoms with Crippen molar-refractivity contribution in [3.05, 3.63) is 35.5 Å². The normalized spacial score (nSPS) is 27.9. The minimum Gasteiger partial charge on any atom is -0.457 e. The monoisotopic (exact) mass is 422 g/mol. The van der Waals surface area contributed by atoms with Crippen molar-refractivity contribution < 1.29 is 38.8 Å². The van der Waals surface area contributed by atoms with Gasteiger partial charge in [-0.15, -0.1) is 0 Å². The van der Waals surface area contributed by atoms with Crippen LogP contribution in [0.3, 0.4) is 0 Å². The van der Waals surface area contributed by atoms with Gasteiger partial charge in [-0.1, -0.05) is 26.5 Å². The van der Waals surface area contributed by atoms with Crippen molar-refractivity contribution in [2.75, 3.05) is 13.2 Å². The maximum atomic E-state index is 12.7. The van der Waals surface area contributed by atoms with E-state index in [0.717, 1.165) is 0 Å². The molecule has 0 aromatic heterocycles. The summed E-state index contributed by atoms with van der Waals surface area (Å²) < 4.78 is 16.7. The molecule has 30 heavy (non-hydrogen) atoms. The van der Waals surface area contributed by atoms with E-state index in [2.05, 4.69) is 6.58 Å². The Morgan fingerprint density at radius 1 is 1.30 bits per heavy atom. The molecular formula is C22H30O8. The standard InChI is InChI=1S/C22H30O8/c1-5-12(2)21(26)30-20-18-13(3)22(27)29-17(18)9-15(10-23)7-6-8-16(11-24)19(20)28-14(4)25/h8-9,12,17-20,23-24H,3,5-7,10-11H2,1-2,4H3/t12?,17-,18?,19+,20?/m1/s1. The van der Waals surface area contributed by atoms with Crippen LogP contribution >= 0.6 is 0 Å². The van der Waals surface area contributed by atoms with E-state index in [1.165, 1.54) is 6.92 Å². The first-order chi connectivity index (χ1) is 14.2. The van der Waals surface area contributed by atoms with Crippen LogP contribution in [0.4, 0.5) is 0 Å². The first-order valence-corrected chi connectivity index (χ1v) is 10.1. The van der Waals surface area contributed by atoms with E-state index in [4.69, 9.17) is 14.2 Å². The fourth-order valence-corrected chi connectivity index (χ4v) is 3.56. The van der Waals surface area contributed by atoms with Crippen LogP contribution < -0.4 is 0 Å². The van der Waals surface area contributed by atoms with Gasteiger partial charge in [-0.25, -0.2) is 4.79 Å². The van der Waals surface area contributed by atoms with Gasteiger partial charge in [0.1, 0.15) is 6.10 Å². The smallest absolute Gasteiger partial charge is 0.334 e. The number of ether oxygens (including phenoxy) is 3. The number of rotatable bonds is 6. The molecule has 0 bridgehead atoms. The van der Waals surface area contributed by atoms with Crippen LogP contribution in [0.15, 0.2) is 35.5 Å². The predicted octanol–water partition coefficient (Wildman–Crippen LogP) is 1.60. The molecule has 5 atom stereocenters. The molecule has 1 aliphatic heterocycles. The van der Waals surface area contributed by atoms with Crippen LogP contribution in [0.1, 0.15) is 40.0 Å². The molecule has 0 spiro atoms. The van der Waals surface area contributed by atoms with E-state index >= 15 is 0 Å². The van der Waals surface area contributed by atoms with Crippen molar-refractivity contribution in [3.63, 3.8) is 0 Å². The number of hydrogen-bond donors (Lipinski definition) is 2. The Morgan fingerprint density at radius 3 is 2.57 bits per heavy atom. The summed E-state index contributed by atoms with van der Waals surface area (Å²) in [6.45, 7) is 7.89. The molecule has 0 aromatic rings. The third-order valence-electron chi connectivity index (χ3n) is 5.50. The highest BCUT2D eigenvalue weighted by Gasteiger charge is 2.49. The van der Waals surface area contributed by atoms with Gasteiger partial charge >= 0.3 is 17.9 Å². The number of hydrogen-bond acceptors (Lipinski definition) is 8. The van der Waals surface area contributed by atoms with Gasteiger partial charge in [0, 0.05) is 12.5 Å². The van der Waals surface area contributed by atoms with Crippen molar-refractivity contribution in [1.82, 2.24) is 0 Å². The van der Waals surface area contributed by atoms with Gasteiger partial charge in [0.25, 0.3) is 0 Å². The lowest BCUT2D eigenvalue weighted by atomic mass is 9.83. The van der Waals surface area contributed by atoms with Crippen LogP contribution in [0.5, 0.6) is 0 Å². The molecule has 1 saturated heterocycles. The summed E-state index contributed by atoms with van der Waals surface area (Å²) in [5, 5.41) is 19.6. The lowest BCUT2D eigenvalue weighted by Gasteiger charge is -2.34. The highest BCUT2D eigenvalue weighted by Crippen LogP contribution is 2.37. The number of fused-ring (bicyclic) bond motifs is 1. The number of esters is 3. The molecule has 1 aliphatic carbocycles. The van der Waals surface area contributed by atoms with Crippen molar-refractivity contribution in [2.24, 2.45) is 11.8 Å². The summed E-state index contributed by atoms with van der Waals surface area (Å²) >= 11 is 0. The van der Waals surface area contributed by atoms with Crippen molar-refractivity contribution in [1.29, 1.82) is 0 Å². The number of carbonyl (C=O) groups excluding carboxylic acids is 3. The van der Waals surface area contributed by atoms with Gasteiger partial charge in [-0.3, -0.25) is 9.59 Å². The Hall–Kier alpha value is -2.45. The zero-order valence-electron chi connectivity index (χ0n) is 17.6. The zero-order valence-corrected chi connectivity index (χ0v) is 17.6. The Morgan fingerprint density at radius 2 is 2.00 bits per heavy atom. The maximum Gasteiger partial charge on any atom is 0.334 e. The summed E-state index contributed by atoms with van der Waals surface area (Å²) in [6.07, 6.45) is 1.67. The minimum atomic E-state index is -1.13. The van der Waals surface area contributed by atoms with Crippen LogP contribution in [0.2, 0.25) is 0 Å². The van der Waals surface area contributed by atoms with E-state index in [1.807, 2.05) is 6.92 Å². The molecule has 0 aromatic carbocycles. The fraction of sp³-hybridized carbons (Fsp3) is 0.591. The van der Waals surface area contributed by atoms with E-state index in [1.54, 1.807) is 19.1 Å². The van der Waals surface area contributed by atoms with E-state index < -0.39 is 54.7 Å². The maximum absolute atomic E-state index is 12.7. The molecule has 1 heterocycles. The largest absolute Gasteiger partial charge is 0.457 e. The first kappa shape index (κ1) is 23.8. The third-order valence-corrected chi connectivity index (χ3v) is 5.50. The molecule has 3 unspecified atom stereocenters. The second-order valence-corrected chi connectivity index (χ2v) is 7.62. The van der Waals surface area contributed by atoms with E-state index in [9.17, 15) is 24.6 Å². The topological polar surface area (TPSA) is 119 Å². The van der Waals surface area contributed by atoms with E-state index in [0.29, 0.717) is 30.4 Å². The summed E-state index contributed by atoms with van der Waals surface area (Å²) in [4.78, 5) is 36.8. The van der Waals surface area contributed by atoms with Gasteiger partial charge < -0.3 is 24.4 Å². The molecule has 2 aliphatic rings. The molecular weight excluding hydrogens is 392 g/mol. The average molecular weight is 422 g/mol. The molecule has 2 N–H and O–H groups in total. The highest BCUT2D eigenvalue weighted by atomic mass is 16.6. The van der Waals surface area contributed by atoms with Gasteiger partial charge in [-0.05, 0) is 36.5 Å². The Balaban J connectivity index is 2.61. The van der Waals surface area contributed by atoms with Crippen molar-refractivity contribution in [3.8, 4) is 0 Å². The van der Waals surface area contributed by atoms with E-state index in [-0.39, 0.29) is 12.2 Å². The van der Waals surface area contributed by atoms with Gasteiger partial charge in [0.15, 0.2) is 12.2 Å². The third kappa shape index (κ3) is 5.37. The molecule has 1 fully saturated rings. The Labute approximate surface area is 176 Å². The average Bonchev–Trinajstić information content (AvgIpc) is 2.99. The van der Waals surface area contributed by atoms with Gasteiger partial charge in [-0.2, -0.15) is 0 Å². The highest BCUT2D eigenvalue weighted by molar-refractivity contribution is 5.91. The van der Waals surface area contributed by atoms with Crippen molar-refractivity contribution in [2.45, 2.75) is 58.3 Å². The number of allylic oxidation sites excluding steroid dienone is 1. The SMILES string of the molecule is C=C1C(=O)O[C@@H]2C=C(CO)CCC=C(CO)[C@H](OC(C)=O)C(OC(=O)C(C)CC)C12.